The van der Waals surface area contributed by atoms with Crippen LogP contribution in [0.2, 0.25) is 0 Å². The number of benzene rings is 2. The van der Waals surface area contributed by atoms with Crippen LogP contribution >= 0.6 is 0 Å². The molecule has 160 valence electrons. The fourth-order valence-electron chi connectivity index (χ4n) is 4.17. The van der Waals surface area contributed by atoms with Gasteiger partial charge in [0.1, 0.15) is 0 Å². The predicted molar refractivity (Wildman–Crippen MR) is 127 cm³/mol. The first-order valence-electron chi connectivity index (χ1n) is 11.5. The Kier molecular flexibility index (Phi) is 8.11. The minimum atomic E-state index is 0.00686. The van der Waals surface area contributed by atoms with Crippen LogP contribution < -0.4 is 0 Å². The minimum Gasteiger partial charge on any atom is -0.380 e. The number of ether oxygens (including phenoxy) is 1. The van der Waals surface area contributed by atoms with Gasteiger partial charge in [0, 0.05) is 10.8 Å². The SMILES string of the molecule is CCc1ccc(C(C)(C)COCC(C)(C)c2ccc(CC)c(CC)c2)cc1CC. The number of hydrogen-bond donors (Lipinski definition) is 0. The monoisotopic (exact) mass is 394 g/mol. The molecule has 29 heavy (non-hydrogen) atoms. The Morgan fingerprint density at radius 3 is 1.21 bits per heavy atom. The topological polar surface area (TPSA) is 9.23 Å². The van der Waals surface area contributed by atoms with Gasteiger partial charge in [-0.1, -0.05) is 91.8 Å². The van der Waals surface area contributed by atoms with Gasteiger partial charge in [-0.15, -0.1) is 0 Å². The van der Waals surface area contributed by atoms with Crippen molar-refractivity contribution in [2.45, 2.75) is 91.9 Å². The Balaban J connectivity index is 2.09. The van der Waals surface area contributed by atoms with Crippen LogP contribution in [0.25, 0.3) is 0 Å². The minimum absolute atomic E-state index is 0.00686. The van der Waals surface area contributed by atoms with Crippen molar-refractivity contribution in [1.82, 2.24) is 0 Å². The Bertz CT molecular complexity index is 730. The molecule has 0 saturated carbocycles. The van der Waals surface area contributed by atoms with Gasteiger partial charge in [0.05, 0.1) is 13.2 Å². The first-order chi connectivity index (χ1) is 13.7. The summed E-state index contributed by atoms with van der Waals surface area (Å²) in [7, 11) is 0. The molecule has 0 aromatic heterocycles. The molecule has 2 aromatic carbocycles. The molecule has 0 saturated heterocycles. The van der Waals surface area contributed by atoms with Gasteiger partial charge in [-0.25, -0.2) is 0 Å². The van der Waals surface area contributed by atoms with Crippen molar-refractivity contribution < 1.29 is 4.74 Å². The highest BCUT2D eigenvalue weighted by Gasteiger charge is 2.26. The molecule has 0 fully saturated rings. The van der Waals surface area contributed by atoms with E-state index in [-0.39, 0.29) is 10.8 Å². The normalized spacial score (nSPS) is 12.4. The Hall–Kier alpha value is -1.60. The molecule has 2 aromatic rings. The zero-order valence-corrected chi connectivity index (χ0v) is 20.1. The van der Waals surface area contributed by atoms with Crippen molar-refractivity contribution in [2.24, 2.45) is 0 Å². The molecule has 0 spiro atoms. The molecule has 0 amide bonds. The summed E-state index contributed by atoms with van der Waals surface area (Å²) < 4.78 is 6.33. The summed E-state index contributed by atoms with van der Waals surface area (Å²) in [5.41, 5.74) is 8.66. The fraction of sp³-hybridized carbons (Fsp3) is 0.571. The number of rotatable bonds is 10. The van der Waals surface area contributed by atoms with Gasteiger partial charge < -0.3 is 4.74 Å². The first-order valence-corrected chi connectivity index (χ1v) is 11.5. The molecule has 0 heterocycles. The van der Waals surface area contributed by atoms with Gasteiger partial charge in [-0.3, -0.25) is 0 Å². The van der Waals surface area contributed by atoms with Crippen molar-refractivity contribution in [3.63, 3.8) is 0 Å². The average Bonchev–Trinajstić information content (AvgIpc) is 2.72. The first kappa shape index (κ1) is 23.7. The smallest absolute Gasteiger partial charge is 0.0558 e. The largest absolute Gasteiger partial charge is 0.380 e. The Morgan fingerprint density at radius 1 is 0.552 bits per heavy atom. The van der Waals surface area contributed by atoms with Gasteiger partial charge in [0.2, 0.25) is 0 Å². The molecule has 0 aliphatic carbocycles. The molecular weight excluding hydrogens is 352 g/mol. The van der Waals surface area contributed by atoms with Crippen molar-refractivity contribution in [2.75, 3.05) is 13.2 Å². The molecule has 0 atom stereocenters. The van der Waals surface area contributed by atoms with Crippen LogP contribution in [-0.4, -0.2) is 13.2 Å². The van der Waals surface area contributed by atoms with E-state index in [0.717, 1.165) is 38.9 Å². The number of aryl methyl sites for hydroxylation is 4. The molecule has 0 bridgehead atoms. The second-order valence-electron chi connectivity index (χ2n) is 9.64. The van der Waals surface area contributed by atoms with E-state index in [1.165, 1.54) is 33.4 Å². The summed E-state index contributed by atoms with van der Waals surface area (Å²) in [4.78, 5) is 0. The zero-order chi connectivity index (χ0) is 21.7. The molecule has 0 radical (unpaired) electrons. The van der Waals surface area contributed by atoms with Gasteiger partial charge in [-0.2, -0.15) is 0 Å². The zero-order valence-electron chi connectivity index (χ0n) is 20.1. The second kappa shape index (κ2) is 9.94. The van der Waals surface area contributed by atoms with E-state index in [2.05, 4.69) is 91.8 Å². The van der Waals surface area contributed by atoms with Crippen molar-refractivity contribution in [3.05, 3.63) is 69.8 Å². The average molecular weight is 395 g/mol. The Labute approximate surface area is 179 Å². The fourth-order valence-corrected chi connectivity index (χ4v) is 4.17. The van der Waals surface area contributed by atoms with Crippen LogP contribution in [0.5, 0.6) is 0 Å². The maximum Gasteiger partial charge on any atom is 0.0558 e. The van der Waals surface area contributed by atoms with E-state index in [4.69, 9.17) is 4.74 Å². The molecule has 0 aliphatic heterocycles. The lowest BCUT2D eigenvalue weighted by atomic mass is 9.82. The molecule has 2 rings (SSSR count). The molecular formula is C28H42O. The van der Waals surface area contributed by atoms with Crippen molar-refractivity contribution in [1.29, 1.82) is 0 Å². The maximum absolute atomic E-state index is 6.33. The van der Waals surface area contributed by atoms with Crippen LogP contribution in [0.1, 0.15) is 88.8 Å². The third-order valence-corrected chi connectivity index (χ3v) is 6.42. The summed E-state index contributed by atoms with van der Waals surface area (Å²) in [5, 5.41) is 0. The summed E-state index contributed by atoms with van der Waals surface area (Å²) >= 11 is 0. The standard InChI is InChI=1S/C28H42O/c1-9-21-13-15-25(17-23(21)11-3)27(5,6)19-29-20-28(7,8)26-16-14-22(10-2)24(12-4)18-26/h13-18H,9-12,19-20H2,1-8H3. The predicted octanol–water partition coefficient (Wildman–Crippen LogP) is 7.21. The lowest BCUT2D eigenvalue weighted by Crippen LogP contribution is -2.30. The highest BCUT2D eigenvalue weighted by molar-refractivity contribution is 5.37. The summed E-state index contributed by atoms with van der Waals surface area (Å²) in [6.45, 7) is 19.6. The molecule has 1 heteroatoms. The highest BCUT2D eigenvalue weighted by Crippen LogP contribution is 2.30. The van der Waals surface area contributed by atoms with E-state index < -0.39 is 0 Å². The van der Waals surface area contributed by atoms with E-state index in [0.29, 0.717) is 0 Å². The van der Waals surface area contributed by atoms with E-state index in [1.807, 2.05) is 0 Å². The van der Waals surface area contributed by atoms with E-state index >= 15 is 0 Å². The summed E-state index contributed by atoms with van der Waals surface area (Å²) in [6.07, 6.45) is 4.39. The molecule has 0 N–H and O–H groups in total. The van der Waals surface area contributed by atoms with Crippen LogP contribution in [0.15, 0.2) is 36.4 Å². The highest BCUT2D eigenvalue weighted by atomic mass is 16.5. The molecule has 1 nitrogen and oxygen atoms in total. The van der Waals surface area contributed by atoms with E-state index in [1.54, 1.807) is 0 Å². The van der Waals surface area contributed by atoms with Crippen LogP contribution in [0, 0.1) is 0 Å². The molecule has 0 unspecified atom stereocenters. The van der Waals surface area contributed by atoms with Gasteiger partial charge >= 0.3 is 0 Å². The number of hydrogen-bond acceptors (Lipinski definition) is 1. The van der Waals surface area contributed by atoms with Crippen molar-refractivity contribution >= 4 is 0 Å². The quantitative estimate of drug-likeness (QED) is 0.414. The second-order valence-corrected chi connectivity index (χ2v) is 9.64. The van der Waals surface area contributed by atoms with Crippen molar-refractivity contribution in [3.8, 4) is 0 Å². The third kappa shape index (κ3) is 5.72. The van der Waals surface area contributed by atoms with Gasteiger partial charge in [0.15, 0.2) is 0 Å². The lowest BCUT2D eigenvalue weighted by molar-refractivity contribution is 0.0633. The van der Waals surface area contributed by atoms with E-state index in [9.17, 15) is 0 Å². The lowest BCUT2D eigenvalue weighted by Gasteiger charge is -2.31. The molecule has 0 aliphatic rings. The van der Waals surface area contributed by atoms with Crippen LogP contribution in [0.3, 0.4) is 0 Å². The van der Waals surface area contributed by atoms with Gasteiger partial charge in [0.25, 0.3) is 0 Å². The maximum atomic E-state index is 6.33. The summed E-state index contributed by atoms with van der Waals surface area (Å²) in [6, 6.07) is 14.0. The van der Waals surface area contributed by atoms with Gasteiger partial charge in [-0.05, 0) is 59.1 Å². The Morgan fingerprint density at radius 2 is 0.897 bits per heavy atom. The van der Waals surface area contributed by atoms with Crippen LogP contribution in [-0.2, 0) is 41.3 Å². The summed E-state index contributed by atoms with van der Waals surface area (Å²) in [5.74, 6) is 0. The van der Waals surface area contributed by atoms with Crippen LogP contribution in [0.4, 0.5) is 0 Å². The third-order valence-electron chi connectivity index (χ3n) is 6.42.